The largest absolute Gasteiger partial charge is 0.264 e. The molecular formula is C12H12ClN3. The summed E-state index contributed by atoms with van der Waals surface area (Å²) >= 11 is 6.09. The summed E-state index contributed by atoms with van der Waals surface area (Å²) in [5, 5.41) is 0.538. The zero-order valence-corrected chi connectivity index (χ0v) is 9.78. The number of aromatic nitrogens is 3. The monoisotopic (exact) mass is 233 g/mol. The minimum atomic E-state index is 0.538. The van der Waals surface area contributed by atoms with E-state index in [1.807, 2.05) is 12.1 Å². The molecule has 0 aliphatic carbocycles. The summed E-state index contributed by atoms with van der Waals surface area (Å²) in [4.78, 5) is 12.4. The molecule has 16 heavy (non-hydrogen) atoms. The van der Waals surface area contributed by atoms with Gasteiger partial charge < -0.3 is 0 Å². The van der Waals surface area contributed by atoms with Crippen LogP contribution in [-0.2, 0) is 6.42 Å². The lowest BCUT2D eigenvalue weighted by Crippen LogP contribution is -1.96. The van der Waals surface area contributed by atoms with Crippen LogP contribution in [0.15, 0.2) is 30.9 Å². The van der Waals surface area contributed by atoms with Gasteiger partial charge in [0.2, 0.25) is 0 Å². The first-order valence-electron chi connectivity index (χ1n) is 5.22. The van der Waals surface area contributed by atoms with E-state index in [4.69, 9.17) is 11.6 Å². The maximum Gasteiger partial charge on any atom is 0.136 e. The number of halogens is 1. The highest BCUT2D eigenvalue weighted by Gasteiger charge is 2.10. The van der Waals surface area contributed by atoms with Gasteiger partial charge in [-0.2, -0.15) is 0 Å². The molecule has 2 aromatic rings. The molecule has 0 radical (unpaired) electrons. The zero-order valence-electron chi connectivity index (χ0n) is 9.02. The Morgan fingerprint density at radius 1 is 1.31 bits per heavy atom. The summed E-state index contributed by atoms with van der Waals surface area (Å²) in [6, 6.07) is 3.87. The van der Waals surface area contributed by atoms with Crippen molar-refractivity contribution in [1.82, 2.24) is 15.0 Å². The van der Waals surface area contributed by atoms with Crippen molar-refractivity contribution >= 4 is 11.6 Å². The summed E-state index contributed by atoms with van der Waals surface area (Å²) in [6.07, 6.45) is 6.91. The topological polar surface area (TPSA) is 38.7 Å². The van der Waals surface area contributed by atoms with E-state index in [0.29, 0.717) is 5.15 Å². The number of hydrogen-bond donors (Lipinski definition) is 0. The highest BCUT2D eigenvalue weighted by Crippen LogP contribution is 2.25. The lowest BCUT2D eigenvalue weighted by molar-refractivity contribution is 0.904. The molecule has 2 rings (SSSR count). The minimum absolute atomic E-state index is 0.538. The molecule has 0 fully saturated rings. The predicted octanol–water partition coefficient (Wildman–Crippen LogP) is 3.14. The fourth-order valence-electron chi connectivity index (χ4n) is 1.61. The number of pyridine rings is 1. The van der Waals surface area contributed by atoms with Crippen LogP contribution in [-0.4, -0.2) is 15.0 Å². The molecule has 3 nitrogen and oxygen atoms in total. The van der Waals surface area contributed by atoms with Crippen molar-refractivity contribution in [3.8, 4) is 11.3 Å². The van der Waals surface area contributed by atoms with Crippen molar-refractivity contribution in [2.45, 2.75) is 19.8 Å². The van der Waals surface area contributed by atoms with Crippen LogP contribution < -0.4 is 0 Å². The molecule has 0 aliphatic rings. The van der Waals surface area contributed by atoms with E-state index >= 15 is 0 Å². The number of rotatable bonds is 3. The third kappa shape index (κ3) is 2.19. The lowest BCUT2D eigenvalue weighted by atomic mass is 10.1. The summed E-state index contributed by atoms with van der Waals surface area (Å²) in [7, 11) is 0. The molecule has 0 N–H and O–H groups in total. The van der Waals surface area contributed by atoms with Gasteiger partial charge in [0, 0.05) is 23.5 Å². The van der Waals surface area contributed by atoms with Gasteiger partial charge in [-0.15, -0.1) is 0 Å². The van der Waals surface area contributed by atoms with E-state index in [9.17, 15) is 0 Å². The van der Waals surface area contributed by atoms with E-state index < -0.39 is 0 Å². The van der Waals surface area contributed by atoms with Crippen LogP contribution >= 0.6 is 11.6 Å². The first-order chi connectivity index (χ1) is 7.83. The number of nitrogens with zero attached hydrogens (tertiary/aromatic N) is 3. The smallest absolute Gasteiger partial charge is 0.136 e. The van der Waals surface area contributed by atoms with Crippen molar-refractivity contribution in [2.75, 3.05) is 0 Å². The van der Waals surface area contributed by atoms with Crippen molar-refractivity contribution in [2.24, 2.45) is 0 Å². The molecule has 0 saturated carbocycles. The standard InChI is InChI=1S/C12H12ClN3/c1-2-4-10-11(15-8-16-12(10)13)9-5-3-6-14-7-9/h3,5-8H,2,4H2,1H3. The highest BCUT2D eigenvalue weighted by atomic mass is 35.5. The van der Waals surface area contributed by atoms with Gasteiger partial charge in [-0.25, -0.2) is 9.97 Å². The van der Waals surface area contributed by atoms with Gasteiger partial charge in [-0.05, 0) is 18.6 Å². The number of hydrogen-bond acceptors (Lipinski definition) is 3. The van der Waals surface area contributed by atoms with E-state index in [1.54, 1.807) is 12.4 Å². The molecule has 0 aliphatic heterocycles. The fraction of sp³-hybridized carbons (Fsp3) is 0.250. The maximum absolute atomic E-state index is 6.09. The Morgan fingerprint density at radius 2 is 2.19 bits per heavy atom. The Kier molecular flexibility index (Phi) is 3.47. The molecule has 0 amide bonds. The second-order valence-electron chi connectivity index (χ2n) is 3.48. The molecule has 0 unspecified atom stereocenters. The summed E-state index contributed by atoms with van der Waals surface area (Å²) < 4.78 is 0. The minimum Gasteiger partial charge on any atom is -0.264 e. The van der Waals surface area contributed by atoms with E-state index in [1.165, 1.54) is 6.33 Å². The molecule has 0 spiro atoms. The zero-order chi connectivity index (χ0) is 11.4. The lowest BCUT2D eigenvalue weighted by Gasteiger charge is -2.08. The summed E-state index contributed by atoms with van der Waals surface area (Å²) in [5.74, 6) is 0. The van der Waals surface area contributed by atoms with Gasteiger partial charge in [0.1, 0.15) is 11.5 Å². The van der Waals surface area contributed by atoms with Gasteiger partial charge >= 0.3 is 0 Å². The van der Waals surface area contributed by atoms with E-state index in [-0.39, 0.29) is 0 Å². The molecule has 0 atom stereocenters. The molecule has 0 bridgehead atoms. The van der Waals surface area contributed by atoms with Crippen LogP contribution in [0.1, 0.15) is 18.9 Å². The molecular weight excluding hydrogens is 222 g/mol. The van der Waals surface area contributed by atoms with E-state index in [0.717, 1.165) is 29.7 Å². The predicted molar refractivity (Wildman–Crippen MR) is 64.3 cm³/mol. The van der Waals surface area contributed by atoms with Gasteiger partial charge in [-0.1, -0.05) is 24.9 Å². The van der Waals surface area contributed by atoms with E-state index in [2.05, 4.69) is 21.9 Å². The Labute approximate surface area is 99.5 Å². The normalized spacial score (nSPS) is 10.4. The first kappa shape index (κ1) is 11.0. The molecule has 2 heterocycles. The van der Waals surface area contributed by atoms with Crippen LogP contribution in [0.3, 0.4) is 0 Å². The van der Waals surface area contributed by atoms with Crippen molar-refractivity contribution in [3.63, 3.8) is 0 Å². The Morgan fingerprint density at radius 3 is 2.88 bits per heavy atom. The maximum atomic E-state index is 6.09. The van der Waals surface area contributed by atoms with Crippen molar-refractivity contribution < 1.29 is 0 Å². The van der Waals surface area contributed by atoms with Gasteiger partial charge in [0.15, 0.2) is 0 Å². The second-order valence-corrected chi connectivity index (χ2v) is 3.84. The second kappa shape index (κ2) is 5.03. The molecule has 82 valence electrons. The van der Waals surface area contributed by atoms with Gasteiger partial charge in [-0.3, -0.25) is 4.98 Å². The van der Waals surface area contributed by atoms with Crippen LogP contribution in [0.4, 0.5) is 0 Å². The fourth-order valence-corrected chi connectivity index (χ4v) is 1.84. The van der Waals surface area contributed by atoms with Crippen LogP contribution in [0.2, 0.25) is 5.15 Å². The molecule has 4 heteroatoms. The average molecular weight is 234 g/mol. The Bertz CT molecular complexity index is 471. The van der Waals surface area contributed by atoms with Gasteiger partial charge in [0.05, 0.1) is 5.69 Å². The van der Waals surface area contributed by atoms with Crippen molar-refractivity contribution in [3.05, 3.63) is 41.6 Å². The Hall–Kier alpha value is -1.48. The third-order valence-electron chi connectivity index (χ3n) is 2.33. The van der Waals surface area contributed by atoms with Crippen LogP contribution in [0.25, 0.3) is 11.3 Å². The van der Waals surface area contributed by atoms with Crippen molar-refractivity contribution in [1.29, 1.82) is 0 Å². The van der Waals surface area contributed by atoms with Crippen LogP contribution in [0.5, 0.6) is 0 Å². The summed E-state index contributed by atoms with van der Waals surface area (Å²) in [6.45, 7) is 2.11. The molecule has 0 saturated heterocycles. The molecule has 0 aromatic carbocycles. The summed E-state index contributed by atoms with van der Waals surface area (Å²) in [5.41, 5.74) is 2.87. The Balaban J connectivity index is 2.52. The quantitative estimate of drug-likeness (QED) is 0.765. The first-order valence-corrected chi connectivity index (χ1v) is 5.60. The van der Waals surface area contributed by atoms with Gasteiger partial charge in [0.25, 0.3) is 0 Å². The average Bonchev–Trinajstić information content (AvgIpc) is 2.33. The SMILES string of the molecule is CCCc1c(Cl)ncnc1-c1cccnc1. The van der Waals surface area contributed by atoms with Crippen LogP contribution in [0, 0.1) is 0 Å². The highest BCUT2D eigenvalue weighted by molar-refractivity contribution is 6.30. The third-order valence-corrected chi connectivity index (χ3v) is 2.65. The molecule has 2 aromatic heterocycles.